The lowest BCUT2D eigenvalue weighted by atomic mass is 10.2. The molecule has 0 bridgehead atoms. The molecule has 0 atom stereocenters. The molecule has 3 aromatic rings. The smallest absolute Gasteiger partial charge is 0.246 e. The van der Waals surface area contributed by atoms with Gasteiger partial charge in [0.1, 0.15) is 0 Å². The second-order valence-electron chi connectivity index (χ2n) is 4.98. The Hall–Kier alpha value is -2.95. The first-order valence-corrected chi connectivity index (χ1v) is 6.71. The Balaban J connectivity index is 1.91. The summed E-state index contributed by atoms with van der Waals surface area (Å²) in [6, 6.07) is 16.1. The van der Waals surface area contributed by atoms with Crippen molar-refractivity contribution in [1.82, 2.24) is 15.2 Å². The normalized spacial score (nSPS) is 15.5. The van der Waals surface area contributed by atoms with E-state index >= 15 is 0 Å². The summed E-state index contributed by atoms with van der Waals surface area (Å²) in [5.41, 5.74) is 6.27. The number of aliphatic imine (C=N–C) groups is 1. The Labute approximate surface area is 121 Å². The van der Waals surface area contributed by atoms with Crippen molar-refractivity contribution in [2.75, 3.05) is 0 Å². The number of hydrazone groups is 1. The largest absolute Gasteiger partial charge is 0.266 e. The summed E-state index contributed by atoms with van der Waals surface area (Å²) in [6.45, 7) is 3.95. The van der Waals surface area contributed by atoms with E-state index in [1.54, 1.807) is 4.68 Å². The van der Waals surface area contributed by atoms with Gasteiger partial charge in [-0.25, -0.2) is 4.99 Å². The van der Waals surface area contributed by atoms with Crippen LogP contribution < -0.4 is 5.43 Å². The van der Waals surface area contributed by atoms with Crippen LogP contribution in [0.15, 0.2) is 53.5 Å². The van der Waals surface area contributed by atoms with Crippen LogP contribution in [0.4, 0.5) is 11.5 Å². The maximum absolute atomic E-state index is 4.69. The molecule has 5 nitrogen and oxygen atoms in total. The molecule has 0 amide bonds. The van der Waals surface area contributed by atoms with E-state index in [4.69, 9.17) is 4.99 Å². The summed E-state index contributed by atoms with van der Waals surface area (Å²) in [7, 11) is 1.93. The van der Waals surface area contributed by atoms with E-state index in [1.165, 1.54) is 0 Å². The predicted octanol–water partition coefficient (Wildman–Crippen LogP) is 2.51. The van der Waals surface area contributed by atoms with Crippen molar-refractivity contribution >= 4 is 35.0 Å². The first kappa shape index (κ1) is 11.8. The summed E-state index contributed by atoms with van der Waals surface area (Å²) in [5.74, 6) is 1.48. The maximum atomic E-state index is 4.69. The third-order valence-electron chi connectivity index (χ3n) is 3.65. The van der Waals surface area contributed by atoms with Crippen LogP contribution in [-0.4, -0.2) is 27.0 Å². The number of hydrogen-bond donors (Lipinski definition) is 1. The van der Waals surface area contributed by atoms with E-state index in [0.29, 0.717) is 5.82 Å². The van der Waals surface area contributed by atoms with Crippen LogP contribution in [0, 0.1) is 0 Å². The van der Waals surface area contributed by atoms with Crippen LogP contribution in [0.1, 0.15) is 5.56 Å². The number of fused-ring (bicyclic) bond motifs is 2. The van der Waals surface area contributed by atoms with Gasteiger partial charge in [0.15, 0.2) is 12.5 Å². The van der Waals surface area contributed by atoms with Crippen molar-refractivity contribution in [3.05, 3.63) is 54.1 Å². The number of hydrazine groups is 1. The fourth-order valence-corrected chi connectivity index (χ4v) is 2.63. The zero-order chi connectivity index (χ0) is 14.4. The van der Waals surface area contributed by atoms with Crippen LogP contribution in [0.5, 0.6) is 0 Å². The highest BCUT2D eigenvalue weighted by molar-refractivity contribution is 6.06. The Morgan fingerprint density at radius 1 is 1.14 bits per heavy atom. The minimum absolute atomic E-state index is 0.709. The molecule has 0 saturated heterocycles. The number of nitrogens with zero attached hydrogens (tertiary/aromatic N) is 4. The standard InChI is InChI=1S/C16H14N5/c1-20-13-9-5-3-7-11(13)15(18-20)17-16-12-8-4-6-10-14(12)21(2)19-16/h3-10H,1H2,2H3,(H,17,18,19)/q+1. The highest BCUT2D eigenvalue weighted by Crippen LogP contribution is 2.28. The van der Waals surface area contributed by atoms with Gasteiger partial charge >= 0.3 is 0 Å². The van der Waals surface area contributed by atoms with E-state index in [2.05, 4.69) is 17.2 Å². The summed E-state index contributed by atoms with van der Waals surface area (Å²) in [5, 5.41) is 5.54. The molecule has 0 fully saturated rings. The first-order chi connectivity index (χ1) is 10.2. The number of aryl methyl sites for hydroxylation is 1. The summed E-state index contributed by atoms with van der Waals surface area (Å²) < 4.78 is 3.57. The van der Waals surface area contributed by atoms with Crippen molar-refractivity contribution < 1.29 is 4.68 Å². The third-order valence-corrected chi connectivity index (χ3v) is 3.65. The molecule has 1 aromatic heterocycles. The van der Waals surface area contributed by atoms with Gasteiger partial charge in [-0.3, -0.25) is 4.68 Å². The number of rotatable bonds is 1. The molecule has 0 unspecified atom stereocenters. The fraction of sp³-hybridized carbons (Fsp3) is 0.0625. The Kier molecular flexibility index (Phi) is 2.41. The van der Waals surface area contributed by atoms with Gasteiger partial charge in [-0.05, 0) is 18.2 Å². The Bertz CT molecular complexity index is 904. The van der Waals surface area contributed by atoms with E-state index in [1.807, 2.05) is 60.3 Å². The number of amidine groups is 1. The average molecular weight is 276 g/mol. The number of hydrogen-bond acceptors (Lipinski definition) is 2. The molecule has 4 rings (SSSR count). The Morgan fingerprint density at radius 3 is 2.81 bits per heavy atom. The molecule has 102 valence electrons. The molecule has 1 N–H and O–H groups in total. The van der Waals surface area contributed by atoms with E-state index in [0.717, 1.165) is 28.0 Å². The van der Waals surface area contributed by atoms with Gasteiger partial charge in [0.25, 0.3) is 0 Å². The number of benzene rings is 2. The van der Waals surface area contributed by atoms with Gasteiger partial charge in [-0.1, -0.05) is 28.9 Å². The molecule has 2 heterocycles. The zero-order valence-corrected chi connectivity index (χ0v) is 11.6. The molecule has 0 saturated carbocycles. The lowest BCUT2D eigenvalue weighted by Crippen LogP contribution is -2.22. The van der Waals surface area contributed by atoms with Gasteiger partial charge < -0.3 is 0 Å². The van der Waals surface area contributed by atoms with Gasteiger partial charge in [-0.15, -0.1) is 5.43 Å². The molecule has 1 aliphatic heterocycles. The molecule has 0 spiro atoms. The van der Waals surface area contributed by atoms with Crippen molar-refractivity contribution in [2.24, 2.45) is 12.0 Å². The third kappa shape index (κ3) is 1.74. The van der Waals surface area contributed by atoms with E-state index in [9.17, 15) is 0 Å². The van der Waals surface area contributed by atoms with Crippen LogP contribution in [-0.2, 0) is 7.05 Å². The van der Waals surface area contributed by atoms with E-state index < -0.39 is 0 Å². The van der Waals surface area contributed by atoms with Crippen LogP contribution in [0.25, 0.3) is 10.9 Å². The van der Waals surface area contributed by atoms with Gasteiger partial charge in [0.05, 0.1) is 11.1 Å². The van der Waals surface area contributed by atoms with Crippen molar-refractivity contribution in [1.29, 1.82) is 0 Å². The van der Waals surface area contributed by atoms with E-state index in [-0.39, 0.29) is 0 Å². The number of para-hydroxylation sites is 2. The highest BCUT2D eigenvalue weighted by Gasteiger charge is 2.28. The topological polar surface area (TPSA) is 45.2 Å². The van der Waals surface area contributed by atoms with Gasteiger partial charge in [0.2, 0.25) is 11.5 Å². The summed E-state index contributed by atoms with van der Waals surface area (Å²) in [4.78, 5) is 4.69. The highest BCUT2D eigenvalue weighted by atomic mass is 15.5. The molecule has 21 heavy (non-hydrogen) atoms. The van der Waals surface area contributed by atoms with Gasteiger partial charge in [-0.2, -0.15) is 5.10 Å². The number of nitrogens with one attached hydrogen (secondary N) is 1. The van der Waals surface area contributed by atoms with Crippen LogP contribution >= 0.6 is 0 Å². The monoisotopic (exact) mass is 276 g/mol. The van der Waals surface area contributed by atoms with Crippen molar-refractivity contribution in [3.8, 4) is 0 Å². The molecule has 1 aliphatic rings. The van der Waals surface area contributed by atoms with Crippen molar-refractivity contribution in [2.45, 2.75) is 0 Å². The zero-order valence-electron chi connectivity index (χ0n) is 11.6. The number of aromatic nitrogens is 2. The molecular weight excluding hydrogens is 262 g/mol. The quantitative estimate of drug-likeness (QED) is 0.694. The van der Waals surface area contributed by atoms with Crippen molar-refractivity contribution in [3.63, 3.8) is 0 Å². The van der Waals surface area contributed by atoms with Crippen LogP contribution in [0.3, 0.4) is 0 Å². The molecule has 0 radical (unpaired) electrons. The molecule has 0 aliphatic carbocycles. The lowest BCUT2D eigenvalue weighted by molar-refractivity contribution is -0.471. The summed E-state index contributed by atoms with van der Waals surface area (Å²) >= 11 is 0. The predicted molar refractivity (Wildman–Crippen MR) is 83.5 cm³/mol. The minimum Gasteiger partial charge on any atom is -0.266 e. The maximum Gasteiger partial charge on any atom is 0.246 e. The first-order valence-electron chi connectivity index (χ1n) is 6.71. The van der Waals surface area contributed by atoms with Crippen LogP contribution in [0.2, 0.25) is 0 Å². The second-order valence-corrected chi connectivity index (χ2v) is 4.98. The molecule has 2 aromatic carbocycles. The summed E-state index contributed by atoms with van der Waals surface area (Å²) in [6.07, 6.45) is 0. The Morgan fingerprint density at radius 2 is 1.90 bits per heavy atom. The molecular formula is C16H14N5+. The average Bonchev–Trinajstić information content (AvgIpc) is 3.00. The fourth-order valence-electron chi connectivity index (χ4n) is 2.63. The lowest BCUT2D eigenvalue weighted by Gasteiger charge is -1.93. The SMILES string of the molecule is C=[N+]1NC(=Nc2nn(C)c3ccccc23)c2ccccc21. The molecule has 5 heteroatoms. The second kappa shape index (κ2) is 4.28. The minimum atomic E-state index is 0.709. The van der Waals surface area contributed by atoms with Gasteiger partial charge in [0, 0.05) is 18.5 Å².